The van der Waals surface area contributed by atoms with Crippen molar-refractivity contribution in [3.05, 3.63) is 60.6 Å². The minimum absolute atomic E-state index is 0.587. The van der Waals surface area contributed by atoms with E-state index in [-0.39, 0.29) is 0 Å². The Hall–Kier alpha value is -2.93. The Bertz CT molecular complexity index is 925. The molecule has 2 fully saturated rings. The third kappa shape index (κ3) is 3.45. The summed E-state index contributed by atoms with van der Waals surface area (Å²) in [6.07, 6.45) is 8.05. The van der Waals surface area contributed by atoms with Gasteiger partial charge in [0.1, 0.15) is 5.82 Å². The Kier molecular flexibility index (Phi) is 4.44. The van der Waals surface area contributed by atoms with E-state index in [9.17, 15) is 0 Å². The largest absolute Gasteiger partial charge is 0.353 e. The molecule has 1 aromatic carbocycles. The third-order valence-electron chi connectivity index (χ3n) is 5.77. The van der Waals surface area contributed by atoms with Crippen molar-refractivity contribution in [3.8, 4) is 0 Å². The van der Waals surface area contributed by atoms with Gasteiger partial charge in [-0.15, -0.1) is 0 Å². The van der Waals surface area contributed by atoms with Gasteiger partial charge < -0.3 is 10.2 Å². The summed E-state index contributed by atoms with van der Waals surface area (Å²) in [7, 11) is 1.90. The molecule has 7 nitrogen and oxygen atoms in total. The molecule has 0 unspecified atom stereocenters. The monoisotopic (exact) mass is 375 g/mol. The summed E-state index contributed by atoms with van der Waals surface area (Å²) in [5.74, 6) is 1.61. The molecule has 0 aliphatic carbocycles. The molecule has 2 atom stereocenters. The Morgan fingerprint density at radius 1 is 1.07 bits per heavy atom. The summed E-state index contributed by atoms with van der Waals surface area (Å²) in [6, 6.07) is 14.0. The highest BCUT2D eigenvalue weighted by atomic mass is 15.3. The topological polar surface area (TPSA) is 62.1 Å². The number of aryl methyl sites for hydroxylation is 1. The van der Waals surface area contributed by atoms with E-state index >= 15 is 0 Å². The Balaban J connectivity index is 1.29. The van der Waals surface area contributed by atoms with Crippen molar-refractivity contribution in [2.24, 2.45) is 7.05 Å². The molecule has 0 spiro atoms. The minimum Gasteiger partial charge on any atom is -0.353 e. The predicted octanol–water partition coefficient (Wildman–Crippen LogP) is 2.81. The highest BCUT2D eigenvalue weighted by molar-refractivity contribution is 5.53. The van der Waals surface area contributed by atoms with E-state index in [0.29, 0.717) is 18.0 Å². The van der Waals surface area contributed by atoms with Crippen LogP contribution in [0.25, 0.3) is 0 Å². The van der Waals surface area contributed by atoms with Crippen molar-refractivity contribution in [1.82, 2.24) is 24.6 Å². The number of nitrogens with one attached hydrogen (secondary N) is 1. The second-order valence-electron chi connectivity index (χ2n) is 7.71. The van der Waals surface area contributed by atoms with Gasteiger partial charge in [-0.25, -0.2) is 4.98 Å². The van der Waals surface area contributed by atoms with Crippen LogP contribution in [0, 0.1) is 0 Å². The van der Waals surface area contributed by atoms with Crippen LogP contribution in [0.1, 0.15) is 18.4 Å². The van der Waals surface area contributed by atoms with Gasteiger partial charge in [-0.2, -0.15) is 10.1 Å². The van der Waals surface area contributed by atoms with Crippen LogP contribution in [0.5, 0.6) is 0 Å². The molecule has 5 rings (SSSR count). The first kappa shape index (κ1) is 17.2. The zero-order valence-corrected chi connectivity index (χ0v) is 16.1. The van der Waals surface area contributed by atoms with Crippen LogP contribution in [0.15, 0.2) is 55.0 Å². The fraction of sp³-hybridized carbons (Fsp3) is 0.381. The number of rotatable bonds is 5. The summed E-state index contributed by atoms with van der Waals surface area (Å²) in [4.78, 5) is 14.2. The minimum atomic E-state index is 0.587. The Labute approximate surface area is 165 Å². The zero-order chi connectivity index (χ0) is 18.9. The first-order valence-electron chi connectivity index (χ1n) is 9.88. The van der Waals surface area contributed by atoms with Crippen LogP contribution in [-0.4, -0.2) is 49.8 Å². The quantitative estimate of drug-likeness (QED) is 0.740. The lowest BCUT2D eigenvalue weighted by molar-refractivity contribution is 0.160. The summed E-state index contributed by atoms with van der Waals surface area (Å²) in [5, 5.41) is 7.42. The average Bonchev–Trinajstić information content (AvgIpc) is 3.21. The van der Waals surface area contributed by atoms with Gasteiger partial charge in [0.2, 0.25) is 5.95 Å². The van der Waals surface area contributed by atoms with Crippen molar-refractivity contribution in [2.45, 2.75) is 31.5 Å². The molecule has 2 aliphatic rings. The summed E-state index contributed by atoms with van der Waals surface area (Å²) in [6.45, 7) is 3.08. The molecule has 0 radical (unpaired) electrons. The molecular formula is C21H25N7. The van der Waals surface area contributed by atoms with Gasteiger partial charge >= 0.3 is 0 Å². The first-order chi connectivity index (χ1) is 13.7. The van der Waals surface area contributed by atoms with Crippen molar-refractivity contribution in [2.75, 3.05) is 23.3 Å². The molecule has 3 aromatic rings. The molecular weight excluding hydrogens is 350 g/mol. The number of hydrogen-bond donors (Lipinski definition) is 1. The van der Waals surface area contributed by atoms with Crippen LogP contribution in [-0.2, 0) is 13.6 Å². The molecule has 2 saturated heterocycles. The molecule has 1 N–H and O–H groups in total. The van der Waals surface area contributed by atoms with Crippen LogP contribution >= 0.6 is 0 Å². The van der Waals surface area contributed by atoms with Gasteiger partial charge in [0.15, 0.2) is 0 Å². The molecule has 0 amide bonds. The number of hydrogen-bond acceptors (Lipinski definition) is 6. The van der Waals surface area contributed by atoms with Crippen LogP contribution in [0.4, 0.5) is 17.5 Å². The van der Waals surface area contributed by atoms with E-state index in [2.05, 4.69) is 55.5 Å². The summed E-state index contributed by atoms with van der Waals surface area (Å²) < 4.78 is 1.76. The van der Waals surface area contributed by atoms with Gasteiger partial charge in [0.25, 0.3) is 0 Å². The lowest BCUT2D eigenvalue weighted by atomic mass is 10.1. The number of fused-ring (bicyclic) bond motifs is 2. The third-order valence-corrected chi connectivity index (χ3v) is 5.77. The van der Waals surface area contributed by atoms with E-state index in [1.807, 2.05) is 25.5 Å². The maximum absolute atomic E-state index is 4.75. The maximum atomic E-state index is 4.75. The Morgan fingerprint density at radius 2 is 1.86 bits per heavy atom. The van der Waals surface area contributed by atoms with E-state index < -0.39 is 0 Å². The van der Waals surface area contributed by atoms with Crippen molar-refractivity contribution < 1.29 is 0 Å². The fourth-order valence-electron chi connectivity index (χ4n) is 4.43. The highest BCUT2D eigenvalue weighted by Crippen LogP contribution is 2.33. The van der Waals surface area contributed by atoms with Gasteiger partial charge in [0.05, 0.1) is 11.9 Å². The summed E-state index contributed by atoms with van der Waals surface area (Å²) >= 11 is 0. The van der Waals surface area contributed by atoms with Crippen molar-refractivity contribution in [1.29, 1.82) is 0 Å². The SMILES string of the molecule is Cn1cc(Nc2nccc(N3C[C@H]4CC[C@@H](C3)N4Cc3ccccc3)n2)cn1. The molecule has 7 heteroatoms. The normalized spacial score (nSPS) is 21.8. The smallest absolute Gasteiger partial charge is 0.229 e. The Morgan fingerprint density at radius 3 is 2.57 bits per heavy atom. The molecule has 28 heavy (non-hydrogen) atoms. The van der Waals surface area contributed by atoms with Gasteiger partial charge in [-0.3, -0.25) is 9.58 Å². The molecule has 144 valence electrons. The second-order valence-corrected chi connectivity index (χ2v) is 7.71. The highest BCUT2D eigenvalue weighted by Gasteiger charge is 2.40. The standard InChI is InChI=1S/C21H25N7/c1-26-13-17(11-23-26)24-21-22-10-9-20(25-21)27-14-18-7-8-19(15-27)28(18)12-16-5-3-2-4-6-16/h2-6,9-11,13,18-19H,7-8,12,14-15H2,1H3,(H,22,24,25)/t18-,19+. The van der Waals surface area contributed by atoms with Crippen molar-refractivity contribution >= 4 is 17.5 Å². The van der Waals surface area contributed by atoms with Gasteiger partial charge in [-0.1, -0.05) is 30.3 Å². The maximum Gasteiger partial charge on any atom is 0.229 e. The van der Waals surface area contributed by atoms with Crippen LogP contribution in [0.2, 0.25) is 0 Å². The molecule has 4 heterocycles. The molecule has 2 aliphatic heterocycles. The summed E-state index contributed by atoms with van der Waals surface area (Å²) in [5.41, 5.74) is 2.30. The van der Waals surface area contributed by atoms with E-state index in [4.69, 9.17) is 4.98 Å². The molecule has 0 saturated carbocycles. The molecule has 2 aromatic heterocycles. The van der Waals surface area contributed by atoms with Gasteiger partial charge in [0, 0.05) is 51.2 Å². The first-order valence-corrected chi connectivity index (χ1v) is 9.88. The predicted molar refractivity (Wildman–Crippen MR) is 110 cm³/mol. The van der Waals surface area contributed by atoms with Gasteiger partial charge in [-0.05, 0) is 24.5 Å². The van der Waals surface area contributed by atoms with Crippen LogP contribution in [0.3, 0.4) is 0 Å². The lowest BCUT2D eigenvalue weighted by Gasteiger charge is -2.41. The average molecular weight is 375 g/mol. The second kappa shape index (κ2) is 7.24. The number of anilines is 3. The van der Waals surface area contributed by atoms with E-state index in [0.717, 1.165) is 31.1 Å². The van der Waals surface area contributed by atoms with E-state index in [1.165, 1.54) is 18.4 Å². The van der Waals surface area contributed by atoms with Crippen LogP contribution < -0.4 is 10.2 Å². The number of nitrogens with zero attached hydrogens (tertiary/aromatic N) is 6. The molecule has 2 bridgehead atoms. The fourth-order valence-corrected chi connectivity index (χ4v) is 4.43. The van der Waals surface area contributed by atoms with E-state index in [1.54, 1.807) is 10.9 Å². The lowest BCUT2D eigenvalue weighted by Crippen LogP contribution is -2.53. The van der Waals surface area contributed by atoms with Crippen molar-refractivity contribution in [3.63, 3.8) is 0 Å². The number of aromatic nitrogens is 4. The number of benzene rings is 1. The number of piperazine rings is 1. The zero-order valence-electron chi connectivity index (χ0n) is 16.1.